The number of rotatable bonds is 7. The van der Waals surface area contributed by atoms with E-state index < -0.39 is 20.5 Å². The number of nitrogens with one attached hydrogen (secondary N) is 1. The minimum atomic E-state index is -3.72. The van der Waals surface area contributed by atoms with E-state index in [-0.39, 0.29) is 6.42 Å². The van der Waals surface area contributed by atoms with Crippen LogP contribution in [-0.4, -0.2) is 41.7 Å². The van der Waals surface area contributed by atoms with Crippen molar-refractivity contribution < 1.29 is 23.2 Å². The summed E-state index contributed by atoms with van der Waals surface area (Å²) in [6, 6.07) is 7.44. The Morgan fingerprint density at radius 3 is 2.73 bits per heavy atom. The van der Waals surface area contributed by atoms with Crippen LogP contribution in [-0.2, 0) is 21.2 Å². The summed E-state index contributed by atoms with van der Waals surface area (Å²) in [6.45, 7) is 3.65. The molecule has 2 N–H and O–H groups in total. The van der Waals surface area contributed by atoms with E-state index in [1.807, 2.05) is 35.0 Å². The van der Waals surface area contributed by atoms with Crippen molar-refractivity contribution >= 4 is 26.6 Å². The molecule has 0 saturated carbocycles. The number of hydrogen-bond acceptors (Lipinski definition) is 5. The van der Waals surface area contributed by atoms with Gasteiger partial charge in [0.25, 0.3) is 5.91 Å². The number of nitrogens with zero attached hydrogens (tertiary/aromatic N) is 1. The Hall–Kier alpha value is -2.50. The van der Waals surface area contributed by atoms with Gasteiger partial charge in [-0.1, -0.05) is 5.92 Å². The van der Waals surface area contributed by atoms with Gasteiger partial charge in [0, 0.05) is 29.9 Å². The van der Waals surface area contributed by atoms with Crippen molar-refractivity contribution in [2.45, 2.75) is 31.6 Å². The lowest BCUT2D eigenvalue weighted by molar-refractivity contribution is -0.131. The summed E-state index contributed by atoms with van der Waals surface area (Å²) in [4.78, 5) is 11.9. The molecule has 26 heavy (non-hydrogen) atoms. The van der Waals surface area contributed by atoms with Gasteiger partial charge in [0.05, 0.1) is 0 Å². The first kappa shape index (κ1) is 19.8. The number of aromatic nitrogens is 1. The molecule has 0 spiro atoms. The van der Waals surface area contributed by atoms with E-state index in [4.69, 9.17) is 9.94 Å². The van der Waals surface area contributed by atoms with Crippen molar-refractivity contribution in [2.75, 3.05) is 12.9 Å². The molecule has 0 bridgehead atoms. The maximum absolute atomic E-state index is 12.0. The second-order valence-electron chi connectivity index (χ2n) is 6.14. The van der Waals surface area contributed by atoms with Gasteiger partial charge in [0.1, 0.15) is 12.4 Å². The maximum Gasteiger partial charge on any atom is 0.264 e. The van der Waals surface area contributed by atoms with Crippen LogP contribution < -0.4 is 10.2 Å². The largest absolute Gasteiger partial charge is 0.481 e. The van der Waals surface area contributed by atoms with Crippen molar-refractivity contribution in [1.82, 2.24) is 10.0 Å². The predicted molar refractivity (Wildman–Crippen MR) is 98.7 cm³/mol. The molecule has 1 amide bonds. The van der Waals surface area contributed by atoms with Gasteiger partial charge < -0.3 is 9.30 Å². The Labute approximate surface area is 152 Å². The second-order valence-corrected chi connectivity index (χ2v) is 8.58. The molecule has 8 heteroatoms. The molecule has 140 valence electrons. The van der Waals surface area contributed by atoms with Gasteiger partial charge >= 0.3 is 0 Å². The summed E-state index contributed by atoms with van der Waals surface area (Å²) in [6.07, 6.45) is 2.82. The monoisotopic (exact) mass is 378 g/mol. The lowest BCUT2D eigenvalue weighted by Gasteiger charge is -2.25. The Morgan fingerprint density at radius 2 is 2.12 bits per heavy atom. The Balaban J connectivity index is 2.22. The van der Waals surface area contributed by atoms with E-state index in [1.165, 1.54) is 12.4 Å². The first-order chi connectivity index (χ1) is 12.2. The summed E-state index contributed by atoms with van der Waals surface area (Å²) < 4.78 is 29.7. The zero-order valence-electron chi connectivity index (χ0n) is 14.9. The summed E-state index contributed by atoms with van der Waals surface area (Å²) in [5.41, 5.74) is 2.34. The lowest BCUT2D eigenvalue weighted by atomic mass is 10.1. The summed E-state index contributed by atoms with van der Waals surface area (Å²) in [5.74, 6) is 5.33. The maximum atomic E-state index is 12.0. The molecule has 0 aliphatic carbocycles. The van der Waals surface area contributed by atoms with Crippen LogP contribution in [0.15, 0.2) is 30.5 Å². The molecule has 1 aromatic carbocycles. The highest BCUT2D eigenvalue weighted by molar-refractivity contribution is 7.92. The van der Waals surface area contributed by atoms with Crippen LogP contribution in [0.1, 0.15) is 20.3 Å². The number of aryl methyl sites for hydroxylation is 1. The normalized spacial score (nSPS) is 13.5. The van der Waals surface area contributed by atoms with Crippen molar-refractivity contribution in [3.63, 3.8) is 0 Å². The number of hydrogen-bond donors (Lipinski definition) is 2. The van der Waals surface area contributed by atoms with Gasteiger partial charge in [-0.3, -0.25) is 10.0 Å². The first-order valence-electron chi connectivity index (χ1n) is 7.98. The van der Waals surface area contributed by atoms with E-state index >= 15 is 0 Å². The number of ether oxygens (including phenoxy) is 1. The first-order valence-corrected chi connectivity index (χ1v) is 9.87. The van der Waals surface area contributed by atoms with Gasteiger partial charge in [-0.05, 0) is 44.5 Å². The molecule has 2 rings (SSSR count). The standard InChI is InChI=1S/C18H22N2O5S/c1-4-5-12-25-15-6-7-16-14(13-15)8-10-20(16)11-9-18(2,17(21)19-22)26(3,23)24/h6-8,10,13,22H,9,11-12H2,1-3H3,(H,19,21). The van der Waals surface area contributed by atoms with E-state index in [0.29, 0.717) is 18.9 Å². The zero-order chi connectivity index (χ0) is 19.4. The van der Waals surface area contributed by atoms with E-state index in [2.05, 4.69) is 11.8 Å². The Bertz CT molecular complexity index is 968. The third-order valence-electron chi connectivity index (χ3n) is 4.46. The summed E-state index contributed by atoms with van der Waals surface area (Å²) >= 11 is 0. The van der Waals surface area contributed by atoms with Gasteiger partial charge in [-0.25, -0.2) is 13.9 Å². The van der Waals surface area contributed by atoms with Crippen molar-refractivity contribution in [1.29, 1.82) is 0 Å². The number of fused-ring (bicyclic) bond motifs is 1. The van der Waals surface area contributed by atoms with Crippen LogP contribution in [0.3, 0.4) is 0 Å². The molecule has 1 heterocycles. The quantitative estimate of drug-likeness (QED) is 0.434. The molecule has 0 saturated heterocycles. The number of hydroxylamine groups is 1. The van der Waals surface area contributed by atoms with Gasteiger partial charge in [-0.15, -0.1) is 5.92 Å². The highest BCUT2D eigenvalue weighted by Crippen LogP contribution is 2.26. The Kier molecular flexibility index (Phi) is 5.95. The molecule has 0 aliphatic rings. The summed E-state index contributed by atoms with van der Waals surface area (Å²) in [7, 11) is -3.72. The predicted octanol–water partition coefficient (Wildman–Crippen LogP) is 1.74. The van der Waals surface area contributed by atoms with Crippen molar-refractivity contribution in [3.8, 4) is 17.6 Å². The van der Waals surface area contributed by atoms with Crippen LogP contribution in [0.5, 0.6) is 5.75 Å². The number of amides is 1. The number of carbonyl (C=O) groups excluding carboxylic acids is 1. The zero-order valence-corrected chi connectivity index (χ0v) is 15.8. The fourth-order valence-electron chi connectivity index (χ4n) is 2.57. The number of benzene rings is 1. The molecule has 1 atom stereocenters. The lowest BCUT2D eigenvalue weighted by Crippen LogP contribution is -2.49. The van der Waals surface area contributed by atoms with Crippen LogP contribution in [0.25, 0.3) is 10.9 Å². The topological polar surface area (TPSA) is 97.6 Å². The van der Waals surface area contributed by atoms with Crippen molar-refractivity contribution in [3.05, 3.63) is 30.5 Å². The van der Waals surface area contributed by atoms with E-state index in [9.17, 15) is 13.2 Å². The average molecular weight is 378 g/mol. The van der Waals surface area contributed by atoms with Gasteiger partial charge in [0.2, 0.25) is 0 Å². The van der Waals surface area contributed by atoms with Gasteiger partial charge in [0.15, 0.2) is 14.6 Å². The summed E-state index contributed by atoms with van der Waals surface area (Å²) in [5, 5.41) is 9.82. The van der Waals surface area contributed by atoms with E-state index in [0.717, 1.165) is 17.2 Å². The molecule has 7 nitrogen and oxygen atoms in total. The van der Waals surface area contributed by atoms with Crippen molar-refractivity contribution in [2.24, 2.45) is 0 Å². The van der Waals surface area contributed by atoms with Crippen LogP contribution in [0.4, 0.5) is 0 Å². The molecular weight excluding hydrogens is 356 g/mol. The molecular formula is C18H22N2O5S. The highest BCUT2D eigenvalue weighted by atomic mass is 32.2. The minimum Gasteiger partial charge on any atom is -0.481 e. The fraction of sp³-hybridized carbons (Fsp3) is 0.389. The number of sulfone groups is 1. The molecule has 2 aromatic rings. The molecule has 0 aliphatic heterocycles. The molecule has 0 fully saturated rings. The molecule has 1 aromatic heterocycles. The minimum absolute atomic E-state index is 0.0202. The van der Waals surface area contributed by atoms with Crippen LogP contribution in [0, 0.1) is 11.8 Å². The van der Waals surface area contributed by atoms with E-state index in [1.54, 1.807) is 6.92 Å². The van der Waals surface area contributed by atoms with Crippen LogP contribution >= 0.6 is 0 Å². The second kappa shape index (κ2) is 7.81. The number of carbonyl (C=O) groups is 1. The van der Waals surface area contributed by atoms with Crippen LogP contribution in [0.2, 0.25) is 0 Å². The van der Waals surface area contributed by atoms with Gasteiger partial charge in [-0.2, -0.15) is 0 Å². The SMILES string of the molecule is CC#CCOc1ccc2c(ccn2CCC(C)(C(=O)NO)S(C)(=O)=O)c1. The smallest absolute Gasteiger partial charge is 0.264 e. The molecule has 1 unspecified atom stereocenters. The Morgan fingerprint density at radius 1 is 1.38 bits per heavy atom. The third kappa shape index (κ3) is 4.00. The fourth-order valence-corrected chi connectivity index (χ4v) is 3.42. The highest BCUT2D eigenvalue weighted by Gasteiger charge is 2.43. The molecule has 0 radical (unpaired) electrons. The third-order valence-corrected chi connectivity index (χ3v) is 6.49. The average Bonchev–Trinajstić information content (AvgIpc) is 3.00.